The number of rotatable bonds is 5. The van der Waals surface area contributed by atoms with Gasteiger partial charge in [-0.3, -0.25) is 9.89 Å². The molecule has 1 aliphatic heterocycles. The number of aromatic nitrogens is 2. The van der Waals surface area contributed by atoms with Crippen LogP contribution < -0.4 is 4.74 Å². The smallest absolute Gasteiger partial charge is 0.273 e. The van der Waals surface area contributed by atoms with Crippen molar-refractivity contribution in [3.8, 4) is 17.0 Å². The number of hydrogen-bond acceptors (Lipinski definition) is 3. The van der Waals surface area contributed by atoms with Gasteiger partial charge in [-0.1, -0.05) is 70.0 Å². The molecular formula is C26H22BrN3O2. The molecule has 0 radical (unpaired) electrons. The van der Waals surface area contributed by atoms with E-state index in [1.165, 1.54) is 5.56 Å². The number of H-pyrrole nitrogens is 1. The number of methoxy groups -OCH3 is 1. The molecule has 2 heterocycles. The molecule has 0 bridgehead atoms. The summed E-state index contributed by atoms with van der Waals surface area (Å²) in [5, 5.41) is 7.57. The van der Waals surface area contributed by atoms with Gasteiger partial charge in [-0.25, -0.2) is 0 Å². The number of fused-ring (bicyclic) bond motifs is 1. The molecule has 5 rings (SSSR count). The number of amides is 1. The minimum absolute atomic E-state index is 0.0494. The first kappa shape index (κ1) is 20.5. The van der Waals surface area contributed by atoms with E-state index in [9.17, 15) is 4.79 Å². The highest BCUT2D eigenvalue weighted by atomic mass is 79.9. The van der Waals surface area contributed by atoms with E-state index < -0.39 is 0 Å². The molecule has 0 fully saturated rings. The second kappa shape index (κ2) is 8.28. The Morgan fingerprint density at radius 3 is 2.50 bits per heavy atom. The number of carbonyl (C=O) groups excluding carboxylic acids is 1. The van der Waals surface area contributed by atoms with Crippen molar-refractivity contribution in [1.29, 1.82) is 0 Å². The molecule has 1 amide bonds. The molecule has 160 valence electrons. The van der Waals surface area contributed by atoms with Crippen LogP contribution in [0.3, 0.4) is 0 Å². The molecule has 5 nitrogen and oxygen atoms in total. The monoisotopic (exact) mass is 487 g/mol. The third-order valence-electron chi connectivity index (χ3n) is 5.87. The van der Waals surface area contributed by atoms with Gasteiger partial charge in [-0.05, 0) is 42.3 Å². The summed E-state index contributed by atoms with van der Waals surface area (Å²) in [6.07, 6.45) is 0. The average molecular weight is 488 g/mol. The lowest BCUT2D eigenvalue weighted by molar-refractivity contribution is 0.0730. The van der Waals surface area contributed by atoms with E-state index in [0.29, 0.717) is 12.2 Å². The van der Waals surface area contributed by atoms with Crippen LogP contribution in [-0.2, 0) is 6.54 Å². The van der Waals surface area contributed by atoms with Gasteiger partial charge in [0.1, 0.15) is 11.4 Å². The van der Waals surface area contributed by atoms with Crippen LogP contribution in [0, 0.1) is 6.92 Å². The molecule has 4 aromatic rings. The lowest BCUT2D eigenvalue weighted by atomic mass is 9.95. The van der Waals surface area contributed by atoms with E-state index in [1.54, 1.807) is 7.11 Å². The molecule has 0 spiro atoms. The molecule has 1 aliphatic rings. The standard InChI is InChI=1S/C26H22BrN3O2/c1-16-6-10-18(11-7-16)23-22-24(29-28-23)26(31)30(15-17-8-12-21(32-2)13-9-17)25(22)19-4-3-5-20(27)14-19/h3-14,25H,15H2,1-2H3,(H,28,29). The van der Waals surface area contributed by atoms with Gasteiger partial charge in [0.2, 0.25) is 0 Å². The number of hydrogen-bond donors (Lipinski definition) is 1. The van der Waals surface area contributed by atoms with Crippen molar-refractivity contribution in [2.75, 3.05) is 7.11 Å². The maximum atomic E-state index is 13.5. The summed E-state index contributed by atoms with van der Waals surface area (Å²) in [6.45, 7) is 2.54. The van der Waals surface area contributed by atoms with E-state index in [-0.39, 0.29) is 11.9 Å². The van der Waals surface area contributed by atoms with Crippen LogP contribution in [0.5, 0.6) is 5.75 Å². The molecule has 0 saturated carbocycles. The molecular weight excluding hydrogens is 466 g/mol. The van der Waals surface area contributed by atoms with E-state index >= 15 is 0 Å². The van der Waals surface area contributed by atoms with E-state index in [2.05, 4.69) is 69.4 Å². The van der Waals surface area contributed by atoms with Gasteiger partial charge >= 0.3 is 0 Å². The topological polar surface area (TPSA) is 58.2 Å². The van der Waals surface area contributed by atoms with Gasteiger partial charge in [-0.15, -0.1) is 0 Å². The average Bonchev–Trinajstić information content (AvgIpc) is 3.34. The summed E-state index contributed by atoms with van der Waals surface area (Å²) < 4.78 is 6.25. The second-order valence-electron chi connectivity index (χ2n) is 7.97. The summed E-state index contributed by atoms with van der Waals surface area (Å²) >= 11 is 3.59. The largest absolute Gasteiger partial charge is 0.497 e. The fourth-order valence-corrected chi connectivity index (χ4v) is 4.66. The normalized spacial score (nSPS) is 15.2. The van der Waals surface area contributed by atoms with Crippen molar-refractivity contribution >= 4 is 21.8 Å². The van der Waals surface area contributed by atoms with E-state index in [0.717, 1.165) is 38.2 Å². The van der Waals surface area contributed by atoms with Crippen LogP contribution in [0.25, 0.3) is 11.3 Å². The Morgan fingerprint density at radius 2 is 1.81 bits per heavy atom. The zero-order valence-electron chi connectivity index (χ0n) is 17.8. The minimum Gasteiger partial charge on any atom is -0.497 e. The highest BCUT2D eigenvalue weighted by Gasteiger charge is 2.42. The Kier molecular flexibility index (Phi) is 5.31. The lowest BCUT2D eigenvalue weighted by Gasteiger charge is -2.27. The van der Waals surface area contributed by atoms with Gasteiger partial charge < -0.3 is 9.64 Å². The summed E-state index contributed by atoms with van der Waals surface area (Å²) in [6, 6.07) is 24.0. The summed E-state index contributed by atoms with van der Waals surface area (Å²) in [5.74, 6) is 0.743. The summed E-state index contributed by atoms with van der Waals surface area (Å²) in [7, 11) is 1.65. The highest BCUT2D eigenvalue weighted by molar-refractivity contribution is 9.10. The minimum atomic E-state index is -0.243. The maximum absolute atomic E-state index is 13.5. The third-order valence-corrected chi connectivity index (χ3v) is 6.36. The SMILES string of the molecule is COc1ccc(CN2C(=O)c3[nH]nc(-c4ccc(C)cc4)c3C2c2cccc(Br)c2)cc1. The number of aryl methyl sites for hydroxylation is 1. The number of halogens is 1. The van der Waals surface area contributed by atoms with Gasteiger partial charge in [0.25, 0.3) is 5.91 Å². The van der Waals surface area contributed by atoms with Crippen molar-refractivity contribution in [3.63, 3.8) is 0 Å². The predicted octanol–water partition coefficient (Wildman–Crippen LogP) is 5.90. The Hall–Kier alpha value is -3.38. The summed E-state index contributed by atoms with van der Waals surface area (Å²) in [5.41, 5.74) is 6.54. The zero-order valence-corrected chi connectivity index (χ0v) is 19.4. The zero-order chi connectivity index (χ0) is 22.2. The molecule has 0 aliphatic carbocycles. The van der Waals surface area contributed by atoms with Crippen molar-refractivity contribution in [3.05, 3.63) is 105 Å². The Morgan fingerprint density at radius 1 is 1.06 bits per heavy atom. The van der Waals surface area contributed by atoms with Crippen LogP contribution >= 0.6 is 15.9 Å². The molecule has 1 unspecified atom stereocenters. The highest BCUT2D eigenvalue weighted by Crippen LogP contribution is 2.44. The molecule has 0 saturated heterocycles. The van der Waals surface area contributed by atoms with Gasteiger partial charge in [0, 0.05) is 22.1 Å². The Balaban J connectivity index is 1.61. The lowest BCUT2D eigenvalue weighted by Crippen LogP contribution is -2.29. The fourth-order valence-electron chi connectivity index (χ4n) is 4.24. The molecule has 1 aromatic heterocycles. The maximum Gasteiger partial charge on any atom is 0.273 e. The van der Waals surface area contributed by atoms with Crippen molar-refractivity contribution in [1.82, 2.24) is 15.1 Å². The predicted molar refractivity (Wildman–Crippen MR) is 128 cm³/mol. The second-order valence-corrected chi connectivity index (χ2v) is 8.88. The number of carbonyl (C=O) groups is 1. The third kappa shape index (κ3) is 3.60. The van der Waals surface area contributed by atoms with Gasteiger partial charge in [0.15, 0.2) is 0 Å². The van der Waals surface area contributed by atoms with Crippen molar-refractivity contribution < 1.29 is 9.53 Å². The molecule has 1 atom stereocenters. The van der Waals surface area contributed by atoms with Crippen molar-refractivity contribution in [2.24, 2.45) is 0 Å². The fraction of sp³-hybridized carbons (Fsp3) is 0.154. The number of nitrogens with zero attached hydrogens (tertiary/aromatic N) is 2. The Labute approximate surface area is 195 Å². The van der Waals surface area contributed by atoms with Gasteiger partial charge in [0.05, 0.1) is 18.8 Å². The number of aromatic amines is 1. The van der Waals surface area contributed by atoms with Crippen molar-refractivity contribution in [2.45, 2.75) is 19.5 Å². The number of ether oxygens (including phenoxy) is 1. The number of benzene rings is 3. The van der Waals surface area contributed by atoms with E-state index in [1.807, 2.05) is 41.3 Å². The molecule has 6 heteroatoms. The molecule has 3 aromatic carbocycles. The first-order chi connectivity index (χ1) is 15.5. The van der Waals surface area contributed by atoms with Crippen LogP contribution in [0.15, 0.2) is 77.3 Å². The van der Waals surface area contributed by atoms with Crippen LogP contribution in [0.1, 0.15) is 38.8 Å². The first-order valence-electron chi connectivity index (χ1n) is 10.4. The molecule has 32 heavy (non-hydrogen) atoms. The quantitative estimate of drug-likeness (QED) is 0.381. The van der Waals surface area contributed by atoms with Gasteiger partial charge in [-0.2, -0.15) is 5.10 Å². The van der Waals surface area contributed by atoms with E-state index in [4.69, 9.17) is 4.74 Å². The number of nitrogens with one attached hydrogen (secondary N) is 1. The molecule has 1 N–H and O–H groups in total. The Bertz CT molecular complexity index is 1280. The summed E-state index contributed by atoms with van der Waals surface area (Å²) in [4.78, 5) is 15.4. The van der Waals surface area contributed by atoms with Crippen LogP contribution in [0.4, 0.5) is 0 Å². The first-order valence-corrected chi connectivity index (χ1v) is 11.2. The van der Waals surface area contributed by atoms with Crippen LogP contribution in [-0.4, -0.2) is 28.1 Å². The van der Waals surface area contributed by atoms with Crippen LogP contribution in [0.2, 0.25) is 0 Å².